The zero-order chi connectivity index (χ0) is 48.4. The largest absolute Gasteiger partial charge is 0.508 e. The number of benzene rings is 3. The summed E-state index contributed by atoms with van der Waals surface area (Å²) in [6, 6.07) is 11.1. The van der Waals surface area contributed by atoms with Crippen LogP contribution < -0.4 is 19.6 Å². The Hall–Kier alpha value is -5.68. The van der Waals surface area contributed by atoms with E-state index < -0.39 is 152 Å². The molecule has 24 heteroatoms. The quantitative estimate of drug-likeness (QED) is 0.0443. The van der Waals surface area contributed by atoms with Crippen LogP contribution in [0, 0.1) is 0 Å². The highest BCUT2D eigenvalue weighted by atomic mass is 16.8. The average molecular weight is 949 g/mol. The molecule has 3 aromatic carbocycles. The summed E-state index contributed by atoms with van der Waals surface area (Å²) in [6.07, 6.45) is -25.7. The molecule has 4 heterocycles. The number of aliphatic hydroxyl groups is 10. The van der Waals surface area contributed by atoms with Crippen molar-refractivity contribution in [2.24, 2.45) is 0 Å². The molecule has 67 heavy (non-hydrogen) atoms. The molecule has 13 N–H and O–H groups in total. The monoisotopic (exact) mass is 948 g/mol. The van der Waals surface area contributed by atoms with E-state index in [0.29, 0.717) is 5.56 Å². The van der Waals surface area contributed by atoms with Crippen LogP contribution in [0.5, 0.6) is 34.5 Å². The fourth-order valence-corrected chi connectivity index (χ4v) is 7.53. The van der Waals surface area contributed by atoms with Crippen LogP contribution in [0.1, 0.15) is 5.56 Å². The number of hydrogen-bond acceptors (Lipinski definition) is 24. The van der Waals surface area contributed by atoms with Crippen LogP contribution in [0.3, 0.4) is 0 Å². The topological polar surface area (TPSA) is 384 Å². The number of ether oxygens (including phenoxy) is 8. The number of phenols is 3. The lowest BCUT2D eigenvalue weighted by atomic mass is 9.97. The molecular formula is C43H48O24. The molecule has 3 fully saturated rings. The van der Waals surface area contributed by atoms with Gasteiger partial charge in [0.1, 0.15) is 89.3 Å². The molecule has 7 unspecified atom stereocenters. The lowest BCUT2D eigenvalue weighted by Crippen LogP contribution is -2.65. The van der Waals surface area contributed by atoms with Gasteiger partial charge in [0.05, 0.1) is 26.9 Å². The molecular weight excluding hydrogens is 900 g/mol. The molecule has 3 aliphatic rings. The van der Waals surface area contributed by atoms with Crippen molar-refractivity contribution >= 4 is 23.0 Å². The van der Waals surface area contributed by atoms with Crippen molar-refractivity contribution in [3.8, 4) is 45.8 Å². The molecule has 0 aliphatic carbocycles. The first-order valence-electron chi connectivity index (χ1n) is 20.4. The summed E-state index contributed by atoms with van der Waals surface area (Å²) < 4.78 is 51.2. The number of fused-ring (bicyclic) bond motifs is 1. The van der Waals surface area contributed by atoms with Crippen LogP contribution in [0.2, 0.25) is 0 Å². The summed E-state index contributed by atoms with van der Waals surface area (Å²) in [6.45, 7) is -2.65. The third-order valence-corrected chi connectivity index (χ3v) is 11.2. The summed E-state index contributed by atoms with van der Waals surface area (Å²) in [5, 5.41) is 136. The molecule has 364 valence electrons. The molecule has 3 saturated heterocycles. The second kappa shape index (κ2) is 20.7. The lowest BCUT2D eigenvalue weighted by Gasteiger charge is -2.46. The molecule has 0 saturated carbocycles. The van der Waals surface area contributed by atoms with Crippen LogP contribution in [-0.2, 0) is 28.5 Å². The zero-order valence-corrected chi connectivity index (χ0v) is 34.9. The zero-order valence-electron chi connectivity index (χ0n) is 34.9. The minimum Gasteiger partial charge on any atom is -0.508 e. The van der Waals surface area contributed by atoms with Crippen LogP contribution in [-0.4, -0.2) is 191 Å². The Morgan fingerprint density at radius 1 is 0.657 bits per heavy atom. The summed E-state index contributed by atoms with van der Waals surface area (Å²) >= 11 is 0. The number of hydrogen-bond donors (Lipinski definition) is 13. The average Bonchev–Trinajstić information content (AvgIpc) is 3.31. The first-order chi connectivity index (χ1) is 32.0. The van der Waals surface area contributed by atoms with Crippen LogP contribution >= 0.6 is 0 Å². The van der Waals surface area contributed by atoms with Crippen LogP contribution in [0.4, 0.5) is 0 Å². The van der Waals surface area contributed by atoms with E-state index in [1.54, 1.807) is 0 Å². The van der Waals surface area contributed by atoms with Crippen LogP contribution in [0.15, 0.2) is 69.9 Å². The van der Waals surface area contributed by atoms with Crippen molar-refractivity contribution in [3.05, 3.63) is 76.5 Å². The van der Waals surface area contributed by atoms with Crippen molar-refractivity contribution < 1.29 is 113 Å². The van der Waals surface area contributed by atoms with Crippen molar-refractivity contribution in [2.45, 2.75) is 92.1 Å². The fourth-order valence-electron chi connectivity index (χ4n) is 7.53. The van der Waals surface area contributed by atoms with Gasteiger partial charge in [-0.2, -0.15) is 0 Å². The van der Waals surface area contributed by atoms with Gasteiger partial charge in [-0.25, -0.2) is 4.79 Å². The number of aliphatic hydroxyl groups excluding tert-OH is 10. The first-order valence-corrected chi connectivity index (χ1v) is 20.4. The summed E-state index contributed by atoms with van der Waals surface area (Å²) in [7, 11) is 1.31. The van der Waals surface area contributed by atoms with Gasteiger partial charge in [0.25, 0.3) is 0 Å². The number of methoxy groups -OCH3 is 1. The minimum atomic E-state index is -2.11. The van der Waals surface area contributed by atoms with Gasteiger partial charge in [-0.3, -0.25) is 4.79 Å². The van der Waals surface area contributed by atoms with Crippen molar-refractivity contribution in [1.29, 1.82) is 0 Å². The predicted molar refractivity (Wildman–Crippen MR) is 220 cm³/mol. The van der Waals surface area contributed by atoms with E-state index in [1.807, 2.05) is 0 Å². The maximum atomic E-state index is 14.5. The van der Waals surface area contributed by atoms with Crippen molar-refractivity contribution in [1.82, 2.24) is 0 Å². The predicted octanol–water partition coefficient (Wildman–Crippen LogP) is -2.97. The lowest BCUT2D eigenvalue weighted by molar-refractivity contribution is -0.358. The van der Waals surface area contributed by atoms with Gasteiger partial charge >= 0.3 is 5.97 Å². The summed E-state index contributed by atoms with van der Waals surface area (Å²) in [4.78, 5) is 27.7. The molecule has 0 spiro atoms. The Bertz CT molecular complexity index is 2440. The molecule has 1 aromatic heterocycles. The highest BCUT2D eigenvalue weighted by molar-refractivity contribution is 5.89. The van der Waals surface area contributed by atoms with E-state index in [0.717, 1.165) is 18.2 Å². The third kappa shape index (κ3) is 10.1. The molecule has 0 radical (unpaired) electrons. The van der Waals surface area contributed by atoms with Gasteiger partial charge in [0.2, 0.25) is 23.8 Å². The number of esters is 1. The highest BCUT2D eigenvalue weighted by Crippen LogP contribution is 2.40. The second-order valence-corrected chi connectivity index (χ2v) is 15.6. The first kappa shape index (κ1) is 49.2. The van der Waals surface area contributed by atoms with Gasteiger partial charge in [0.15, 0.2) is 35.8 Å². The van der Waals surface area contributed by atoms with Gasteiger partial charge < -0.3 is 109 Å². The summed E-state index contributed by atoms with van der Waals surface area (Å²) in [5.41, 5.74) is -1.15. The van der Waals surface area contributed by atoms with Crippen molar-refractivity contribution in [2.75, 3.05) is 26.9 Å². The van der Waals surface area contributed by atoms with E-state index in [1.165, 1.54) is 55.7 Å². The Labute approximate surface area is 377 Å². The number of rotatable bonds is 14. The standard InChI is InChI=1S/C43H48O24/c1-59-22-10-16(2-8-20(22)48)3-9-27(50)65-39-34(56)30(52)25(14-45)63-42(39)67-40-35(57)31(53)26(15-46)64-43(40)66-38-32(54)28-21(49)11-19(60-41-36(58)33(55)29(51)24(13-44)62-41)12-23(28)61-37(38)17-4-6-18(47)7-5-17/h2-12,24-26,29-31,33-36,39-49,51-53,55-58H,13-15H2,1H3/b9-3+/t24-,25?,26?,29+,30+,31+,33?,34?,35-,36?,39?,40?,41+,42-,43-/m0/s1. The van der Waals surface area contributed by atoms with E-state index >= 15 is 0 Å². The number of phenolic OH excluding ortho intramolecular Hbond substituents is 3. The maximum absolute atomic E-state index is 14.5. The normalized spacial score (nSPS) is 32.3. The second-order valence-electron chi connectivity index (χ2n) is 15.6. The number of carbonyl (C=O) groups excluding carboxylic acids is 1. The molecule has 7 rings (SSSR count). The van der Waals surface area contributed by atoms with Gasteiger partial charge in [-0.05, 0) is 48.0 Å². The Morgan fingerprint density at radius 3 is 1.88 bits per heavy atom. The number of carbonyl (C=O) groups is 1. The molecule has 0 amide bonds. The smallest absolute Gasteiger partial charge is 0.331 e. The SMILES string of the molecule is COc1cc(/C=C/C(=O)OC2C(O)[C@H](O)C(CO)O[C@H]2OC2[C@H](Oc3c(-c4ccc(O)cc4)oc4cc(O[C@@H]5O[C@@H](CO)[C@@H](O)C(O)C5O)cc(O)c4c3=O)OC(CO)[C@@H](O)[C@@H]2O)ccc1O. The van der Waals surface area contributed by atoms with Crippen LogP contribution in [0.25, 0.3) is 28.4 Å². The van der Waals surface area contributed by atoms with Gasteiger partial charge in [-0.15, -0.1) is 0 Å². The van der Waals surface area contributed by atoms with E-state index in [-0.39, 0.29) is 28.6 Å². The van der Waals surface area contributed by atoms with Crippen molar-refractivity contribution in [3.63, 3.8) is 0 Å². The molecule has 0 bridgehead atoms. The minimum absolute atomic E-state index is 0.0309. The molecule has 15 atom stereocenters. The molecule has 4 aromatic rings. The Kier molecular flexibility index (Phi) is 15.2. The van der Waals surface area contributed by atoms with E-state index in [9.17, 15) is 76.0 Å². The third-order valence-electron chi connectivity index (χ3n) is 11.2. The highest BCUT2D eigenvalue weighted by Gasteiger charge is 2.53. The van der Waals surface area contributed by atoms with E-state index in [2.05, 4.69) is 0 Å². The maximum Gasteiger partial charge on any atom is 0.331 e. The molecule has 3 aliphatic heterocycles. The fraction of sp³-hybridized carbons (Fsp3) is 0.442. The summed E-state index contributed by atoms with van der Waals surface area (Å²) in [5.74, 6) is -3.83. The van der Waals surface area contributed by atoms with Gasteiger partial charge in [0, 0.05) is 23.8 Å². The number of aromatic hydroxyl groups is 3. The Morgan fingerprint density at radius 2 is 1.25 bits per heavy atom. The Balaban J connectivity index is 1.24. The van der Waals surface area contributed by atoms with E-state index in [4.69, 9.17) is 42.3 Å². The molecule has 24 nitrogen and oxygen atoms in total. The van der Waals surface area contributed by atoms with Gasteiger partial charge in [-0.1, -0.05) is 6.07 Å².